The van der Waals surface area contributed by atoms with Crippen LogP contribution in [0.2, 0.25) is 0 Å². The van der Waals surface area contributed by atoms with Crippen molar-refractivity contribution in [3.05, 3.63) is 0 Å². The molecule has 106 valence electrons. The van der Waals surface area contributed by atoms with E-state index in [1.165, 1.54) is 25.8 Å². The second-order valence-corrected chi connectivity index (χ2v) is 5.60. The maximum absolute atomic E-state index is 9.74. The lowest BCUT2D eigenvalue weighted by atomic mass is 10.1. The smallest absolute Gasteiger partial charge is 0.0664 e. The maximum atomic E-state index is 9.74. The Bertz CT molecular complexity index is 232. The van der Waals surface area contributed by atoms with Crippen LogP contribution >= 0.6 is 0 Å². The average molecular weight is 256 g/mol. The third-order valence-electron chi connectivity index (χ3n) is 4.27. The van der Waals surface area contributed by atoms with Crippen LogP contribution in [0.15, 0.2) is 0 Å². The number of aliphatic hydroxyl groups is 1. The van der Waals surface area contributed by atoms with E-state index in [0.717, 1.165) is 51.9 Å². The number of β-amino-alcohol motifs (C(OH)–C–C–N with tert-alkyl or cyclic N) is 1. The molecule has 2 heterocycles. The topological polar surface area (TPSA) is 35.9 Å². The Kier molecular flexibility index (Phi) is 5.89. The van der Waals surface area contributed by atoms with Crippen molar-refractivity contribution in [3.8, 4) is 0 Å². The van der Waals surface area contributed by atoms with Crippen LogP contribution < -0.4 is 0 Å². The van der Waals surface area contributed by atoms with Crippen LogP contribution in [0.1, 0.15) is 32.6 Å². The van der Waals surface area contributed by atoms with E-state index in [1.807, 2.05) is 0 Å². The third kappa shape index (κ3) is 4.19. The van der Waals surface area contributed by atoms with Gasteiger partial charge in [-0.1, -0.05) is 6.92 Å². The van der Waals surface area contributed by atoms with Gasteiger partial charge in [0.15, 0.2) is 0 Å². The van der Waals surface area contributed by atoms with E-state index in [1.54, 1.807) is 0 Å². The first-order chi connectivity index (χ1) is 8.79. The molecule has 1 unspecified atom stereocenters. The Labute approximate surface area is 111 Å². The number of rotatable bonds is 4. The molecular weight excluding hydrogens is 228 g/mol. The minimum absolute atomic E-state index is 0.153. The highest BCUT2D eigenvalue weighted by Gasteiger charge is 2.24. The lowest BCUT2D eigenvalue weighted by Gasteiger charge is -2.33. The minimum Gasteiger partial charge on any atom is -0.392 e. The fourth-order valence-electron chi connectivity index (χ4n) is 3.02. The van der Waals surface area contributed by atoms with Crippen molar-refractivity contribution in [2.24, 2.45) is 0 Å². The Hall–Kier alpha value is -0.160. The first-order valence-electron chi connectivity index (χ1n) is 7.51. The maximum Gasteiger partial charge on any atom is 0.0664 e. The van der Waals surface area contributed by atoms with Gasteiger partial charge in [0.1, 0.15) is 0 Å². The molecule has 18 heavy (non-hydrogen) atoms. The van der Waals surface area contributed by atoms with Gasteiger partial charge in [0, 0.05) is 38.9 Å². The quantitative estimate of drug-likeness (QED) is 0.812. The summed E-state index contributed by atoms with van der Waals surface area (Å²) in [5.41, 5.74) is 0. The van der Waals surface area contributed by atoms with Gasteiger partial charge in [-0.05, 0) is 38.8 Å². The van der Waals surface area contributed by atoms with Crippen LogP contribution in [0.4, 0.5) is 0 Å². The van der Waals surface area contributed by atoms with E-state index < -0.39 is 0 Å². The van der Waals surface area contributed by atoms with Gasteiger partial charge in [-0.3, -0.25) is 9.80 Å². The third-order valence-corrected chi connectivity index (χ3v) is 4.27. The fourth-order valence-corrected chi connectivity index (χ4v) is 3.02. The van der Waals surface area contributed by atoms with E-state index >= 15 is 0 Å². The molecule has 2 aliphatic rings. The summed E-state index contributed by atoms with van der Waals surface area (Å²) in [6.07, 6.45) is 4.32. The molecule has 0 aromatic carbocycles. The van der Waals surface area contributed by atoms with Gasteiger partial charge in [0.05, 0.1) is 6.10 Å². The van der Waals surface area contributed by atoms with E-state index in [0.29, 0.717) is 0 Å². The van der Waals surface area contributed by atoms with Crippen molar-refractivity contribution in [3.63, 3.8) is 0 Å². The summed E-state index contributed by atoms with van der Waals surface area (Å²) in [5, 5.41) is 9.74. The van der Waals surface area contributed by atoms with E-state index in [9.17, 15) is 5.11 Å². The molecule has 0 bridgehead atoms. The van der Waals surface area contributed by atoms with Crippen LogP contribution in [0.3, 0.4) is 0 Å². The zero-order valence-electron chi connectivity index (χ0n) is 11.7. The van der Waals surface area contributed by atoms with Gasteiger partial charge in [-0.2, -0.15) is 0 Å². The molecule has 2 saturated heterocycles. The molecule has 1 N–H and O–H groups in total. The number of hydrogen-bond donors (Lipinski definition) is 1. The fraction of sp³-hybridized carbons (Fsp3) is 1.00. The van der Waals surface area contributed by atoms with Crippen molar-refractivity contribution in [2.45, 2.75) is 44.8 Å². The number of aliphatic hydroxyl groups excluding tert-OH is 1. The lowest BCUT2D eigenvalue weighted by molar-refractivity contribution is 0.0347. The number of nitrogens with zero attached hydrogens (tertiary/aromatic N) is 2. The van der Waals surface area contributed by atoms with Crippen molar-refractivity contribution < 1.29 is 9.84 Å². The first-order valence-corrected chi connectivity index (χ1v) is 7.51. The lowest BCUT2D eigenvalue weighted by Crippen LogP contribution is -2.42. The molecule has 2 rings (SSSR count). The van der Waals surface area contributed by atoms with Crippen molar-refractivity contribution in [2.75, 3.05) is 45.9 Å². The van der Waals surface area contributed by atoms with E-state index in [4.69, 9.17) is 4.74 Å². The molecule has 0 spiro atoms. The molecule has 2 fully saturated rings. The molecule has 0 aromatic heterocycles. The molecule has 0 amide bonds. The van der Waals surface area contributed by atoms with Gasteiger partial charge in [0.25, 0.3) is 0 Å². The monoisotopic (exact) mass is 256 g/mol. The standard InChI is InChI=1S/C14H28N2O2/c1-2-14(17)12-15-6-3-7-16(9-8-15)13-4-10-18-11-5-13/h13-14,17H,2-12H2,1H3. The van der Waals surface area contributed by atoms with Gasteiger partial charge in [0.2, 0.25) is 0 Å². The van der Waals surface area contributed by atoms with Crippen molar-refractivity contribution in [1.82, 2.24) is 9.80 Å². The highest BCUT2D eigenvalue weighted by molar-refractivity contribution is 4.79. The Morgan fingerprint density at radius 3 is 2.67 bits per heavy atom. The summed E-state index contributed by atoms with van der Waals surface area (Å²) in [4.78, 5) is 5.06. The van der Waals surface area contributed by atoms with E-state index in [2.05, 4.69) is 16.7 Å². The predicted octanol–water partition coefficient (Wildman–Crippen LogP) is 0.944. The molecule has 0 radical (unpaired) electrons. The highest BCUT2D eigenvalue weighted by atomic mass is 16.5. The molecular formula is C14H28N2O2. The second-order valence-electron chi connectivity index (χ2n) is 5.60. The van der Waals surface area contributed by atoms with E-state index in [-0.39, 0.29) is 6.10 Å². The second kappa shape index (κ2) is 7.43. The summed E-state index contributed by atoms with van der Waals surface area (Å²) in [7, 11) is 0. The molecule has 2 aliphatic heterocycles. The molecule has 4 heteroatoms. The summed E-state index contributed by atoms with van der Waals surface area (Å²) < 4.78 is 5.44. The SMILES string of the molecule is CCC(O)CN1CCCN(C2CCOCC2)CC1. The number of hydrogen-bond acceptors (Lipinski definition) is 4. The molecule has 0 aromatic rings. The van der Waals surface area contributed by atoms with Crippen LogP contribution in [-0.4, -0.2) is 73.0 Å². The van der Waals surface area contributed by atoms with Crippen LogP contribution in [-0.2, 0) is 4.74 Å². The van der Waals surface area contributed by atoms with Gasteiger partial charge >= 0.3 is 0 Å². The summed E-state index contributed by atoms with van der Waals surface area (Å²) in [6.45, 7) is 9.36. The van der Waals surface area contributed by atoms with Gasteiger partial charge in [-0.25, -0.2) is 0 Å². The highest BCUT2D eigenvalue weighted by Crippen LogP contribution is 2.16. The Balaban J connectivity index is 1.76. The predicted molar refractivity (Wildman–Crippen MR) is 72.8 cm³/mol. The molecule has 0 saturated carbocycles. The van der Waals surface area contributed by atoms with Crippen LogP contribution in [0.25, 0.3) is 0 Å². The molecule has 0 aliphatic carbocycles. The number of ether oxygens (including phenoxy) is 1. The van der Waals surface area contributed by atoms with Gasteiger partial charge < -0.3 is 9.84 Å². The van der Waals surface area contributed by atoms with Crippen molar-refractivity contribution in [1.29, 1.82) is 0 Å². The van der Waals surface area contributed by atoms with Crippen LogP contribution in [0.5, 0.6) is 0 Å². The Morgan fingerprint density at radius 1 is 1.17 bits per heavy atom. The zero-order valence-corrected chi connectivity index (χ0v) is 11.7. The summed E-state index contributed by atoms with van der Waals surface area (Å²) in [5.74, 6) is 0. The minimum atomic E-state index is -0.153. The zero-order chi connectivity index (χ0) is 12.8. The van der Waals surface area contributed by atoms with Gasteiger partial charge in [-0.15, -0.1) is 0 Å². The Morgan fingerprint density at radius 2 is 1.94 bits per heavy atom. The summed E-state index contributed by atoms with van der Waals surface area (Å²) in [6, 6.07) is 0.731. The van der Waals surface area contributed by atoms with Crippen LogP contribution in [0, 0.1) is 0 Å². The molecule has 1 atom stereocenters. The summed E-state index contributed by atoms with van der Waals surface area (Å²) >= 11 is 0. The normalized spacial score (nSPS) is 27.0. The largest absolute Gasteiger partial charge is 0.392 e. The molecule has 4 nitrogen and oxygen atoms in total. The first kappa shape index (κ1) is 14.3. The van der Waals surface area contributed by atoms with Crippen molar-refractivity contribution >= 4 is 0 Å². The average Bonchev–Trinajstić information content (AvgIpc) is 2.65.